The van der Waals surface area contributed by atoms with Crippen LogP contribution in [0.5, 0.6) is 0 Å². The molecule has 2 N–H and O–H groups in total. The number of benzene rings is 1. The highest BCUT2D eigenvalue weighted by atomic mass is 35.5. The van der Waals surface area contributed by atoms with E-state index in [0.29, 0.717) is 0 Å². The van der Waals surface area contributed by atoms with Crippen molar-refractivity contribution in [1.29, 1.82) is 0 Å². The van der Waals surface area contributed by atoms with Gasteiger partial charge in [0.05, 0.1) is 24.6 Å². The average Bonchev–Trinajstić information content (AvgIpc) is 2.84. The van der Waals surface area contributed by atoms with Crippen molar-refractivity contribution in [3.8, 4) is 11.3 Å². The summed E-state index contributed by atoms with van der Waals surface area (Å²) in [5, 5.41) is 3.10. The first-order valence-corrected chi connectivity index (χ1v) is 5.24. The van der Waals surface area contributed by atoms with Gasteiger partial charge in [0.2, 0.25) is 0 Å². The number of nitrogens with one attached hydrogen (secondary N) is 2. The zero-order valence-corrected chi connectivity index (χ0v) is 11.6. The molecule has 0 aliphatic rings. The number of hydrogen-bond donors (Lipinski definition) is 2. The third-order valence-corrected chi connectivity index (χ3v) is 2.20. The Morgan fingerprint density at radius 3 is 2.56 bits per heavy atom. The third-order valence-electron chi connectivity index (χ3n) is 2.20. The molecule has 0 bridgehead atoms. The first-order chi connectivity index (χ1) is 7.90. The lowest BCUT2D eigenvalue weighted by Crippen LogP contribution is -1.94. The summed E-state index contributed by atoms with van der Waals surface area (Å²) in [4.78, 5) is 11.1. The highest BCUT2D eigenvalue weighted by Crippen LogP contribution is 2.18. The molecule has 0 atom stereocenters. The molecule has 1 aromatic heterocycles. The van der Waals surface area contributed by atoms with E-state index < -0.39 is 0 Å². The molecule has 98 valence electrons. The Labute approximate surface area is 119 Å². The maximum absolute atomic E-state index is 4.09. The number of aromatic amines is 1. The minimum absolute atomic E-state index is 0. The fourth-order valence-corrected chi connectivity index (χ4v) is 1.37. The van der Waals surface area contributed by atoms with Crippen molar-refractivity contribution < 1.29 is 0 Å². The molecule has 6 heteroatoms. The Bertz CT molecular complexity index is 451. The molecule has 0 unspecified atom stereocenters. The molecular formula is C12H16Cl2N4. The lowest BCUT2D eigenvalue weighted by molar-refractivity contribution is 1.14. The molecule has 2 aromatic rings. The highest BCUT2D eigenvalue weighted by Gasteiger charge is 1.97. The van der Waals surface area contributed by atoms with Crippen molar-refractivity contribution >= 4 is 36.8 Å². The predicted octanol–water partition coefficient (Wildman–Crippen LogP) is 3.38. The lowest BCUT2D eigenvalue weighted by Gasteiger charge is -2.01. The van der Waals surface area contributed by atoms with E-state index >= 15 is 0 Å². The standard InChI is InChI=1S/C12H14N4.2ClH/c1-2-13-8-15-11-5-3-10(4-6-11)12-7-14-9-16-12;;/h3-9H,2H2,1H3,(H,13,15)(H,14,16);2*1H. The van der Waals surface area contributed by atoms with E-state index in [9.17, 15) is 0 Å². The van der Waals surface area contributed by atoms with Gasteiger partial charge in [-0.25, -0.2) is 4.98 Å². The van der Waals surface area contributed by atoms with E-state index in [4.69, 9.17) is 0 Å². The van der Waals surface area contributed by atoms with Gasteiger partial charge in [0.25, 0.3) is 0 Å². The van der Waals surface area contributed by atoms with Gasteiger partial charge in [-0.05, 0) is 24.6 Å². The molecule has 1 heterocycles. The largest absolute Gasteiger partial charge is 0.347 e. The van der Waals surface area contributed by atoms with E-state index in [1.807, 2.05) is 31.2 Å². The molecule has 4 nitrogen and oxygen atoms in total. The van der Waals surface area contributed by atoms with Crippen LogP contribution in [0.15, 0.2) is 41.8 Å². The maximum Gasteiger partial charge on any atom is 0.0924 e. The summed E-state index contributed by atoms with van der Waals surface area (Å²) >= 11 is 0. The fourth-order valence-electron chi connectivity index (χ4n) is 1.37. The van der Waals surface area contributed by atoms with Gasteiger partial charge in [-0.1, -0.05) is 12.1 Å². The van der Waals surface area contributed by atoms with Gasteiger partial charge in [0.1, 0.15) is 0 Å². The minimum atomic E-state index is 0. The second-order valence-electron chi connectivity index (χ2n) is 3.31. The van der Waals surface area contributed by atoms with Crippen LogP contribution in [-0.2, 0) is 0 Å². The van der Waals surface area contributed by atoms with Crippen LogP contribution in [0, 0.1) is 0 Å². The summed E-state index contributed by atoms with van der Waals surface area (Å²) < 4.78 is 0. The summed E-state index contributed by atoms with van der Waals surface area (Å²) in [7, 11) is 0. The lowest BCUT2D eigenvalue weighted by atomic mass is 10.1. The number of halogens is 2. The number of anilines is 1. The Morgan fingerprint density at radius 1 is 1.28 bits per heavy atom. The third kappa shape index (κ3) is 4.39. The Hall–Kier alpha value is -1.52. The molecule has 0 saturated carbocycles. The number of H-pyrrole nitrogens is 1. The number of nitrogens with zero attached hydrogens (tertiary/aromatic N) is 2. The van der Waals surface area contributed by atoms with E-state index in [1.54, 1.807) is 18.9 Å². The van der Waals surface area contributed by atoms with Crippen molar-refractivity contribution in [3.63, 3.8) is 0 Å². The zero-order valence-electron chi connectivity index (χ0n) is 9.96. The van der Waals surface area contributed by atoms with Crippen LogP contribution in [0.2, 0.25) is 0 Å². The number of imidazole rings is 1. The quantitative estimate of drug-likeness (QED) is 0.669. The van der Waals surface area contributed by atoms with Gasteiger partial charge in [-0.3, -0.25) is 4.99 Å². The molecule has 0 saturated heterocycles. The topological polar surface area (TPSA) is 53.1 Å². The first kappa shape index (κ1) is 16.5. The van der Waals surface area contributed by atoms with Crippen LogP contribution in [-0.4, -0.2) is 22.9 Å². The second kappa shape index (κ2) is 8.55. The van der Waals surface area contributed by atoms with Crippen molar-refractivity contribution in [2.24, 2.45) is 4.99 Å². The summed E-state index contributed by atoms with van der Waals surface area (Å²) in [6.07, 6.45) is 5.20. The zero-order chi connectivity index (χ0) is 11.2. The Balaban J connectivity index is 0.00000144. The van der Waals surface area contributed by atoms with Gasteiger partial charge in [0.15, 0.2) is 0 Å². The molecule has 18 heavy (non-hydrogen) atoms. The maximum atomic E-state index is 4.09. The Morgan fingerprint density at radius 2 is 2.00 bits per heavy atom. The monoisotopic (exact) mass is 286 g/mol. The predicted molar refractivity (Wildman–Crippen MR) is 81.2 cm³/mol. The van der Waals surface area contributed by atoms with Crippen molar-refractivity contribution in [1.82, 2.24) is 9.97 Å². The number of rotatable bonds is 4. The van der Waals surface area contributed by atoms with Gasteiger partial charge < -0.3 is 10.3 Å². The molecule has 0 spiro atoms. The number of aromatic nitrogens is 2. The summed E-state index contributed by atoms with van der Waals surface area (Å²) in [6.45, 7) is 2.79. The molecule has 0 radical (unpaired) electrons. The number of hydrogen-bond acceptors (Lipinski definition) is 2. The Kier molecular flexibility index (Phi) is 7.83. The molecule has 0 fully saturated rings. The highest BCUT2D eigenvalue weighted by molar-refractivity contribution is 5.85. The fraction of sp³-hybridized carbons (Fsp3) is 0.167. The first-order valence-electron chi connectivity index (χ1n) is 5.24. The van der Waals surface area contributed by atoms with Gasteiger partial charge in [-0.15, -0.1) is 24.8 Å². The van der Waals surface area contributed by atoms with E-state index in [2.05, 4.69) is 20.3 Å². The molecule has 1 aromatic carbocycles. The van der Waals surface area contributed by atoms with E-state index in [-0.39, 0.29) is 24.8 Å². The SMILES string of the molecule is CCN=CNc1ccc(-c2cnc[nH]2)cc1.Cl.Cl. The van der Waals surface area contributed by atoms with Gasteiger partial charge >= 0.3 is 0 Å². The second-order valence-corrected chi connectivity index (χ2v) is 3.31. The van der Waals surface area contributed by atoms with Gasteiger partial charge in [0, 0.05) is 12.2 Å². The summed E-state index contributed by atoms with van der Waals surface area (Å²) in [6, 6.07) is 8.10. The normalized spacial score (nSPS) is 9.61. The molecule has 2 rings (SSSR count). The minimum Gasteiger partial charge on any atom is -0.347 e. The van der Waals surface area contributed by atoms with Gasteiger partial charge in [-0.2, -0.15) is 0 Å². The molecular weight excluding hydrogens is 271 g/mol. The van der Waals surface area contributed by atoms with Crippen molar-refractivity contribution in [3.05, 3.63) is 36.8 Å². The smallest absolute Gasteiger partial charge is 0.0924 e. The van der Waals surface area contributed by atoms with Crippen LogP contribution in [0.4, 0.5) is 5.69 Å². The van der Waals surface area contributed by atoms with Crippen LogP contribution in [0.25, 0.3) is 11.3 Å². The van der Waals surface area contributed by atoms with E-state index in [0.717, 1.165) is 23.5 Å². The van der Waals surface area contributed by atoms with Crippen LogP contribution < -0.4 is 5.32 Å². The number of aliphatic imine (C=N–C) groups is 1. The van der Waals surface area contributed by atoms with Crippen LogP contribution in [0.3, 0.4) is 0 Å². The molecule has 0 aliphatic heterocycles. The summed E-state index contributed by atoms with van der Waals surface area (Å²) in [5.41, 5.74) is 3.17. The van der Waals surface area contributed by atoms with Crippen molar-refractivity contribution in [2.75, 3.05) is 11.9 Å². The molecule has 0 aliphatic carbocycles. The average molecular weight is 287 g/mol. The van der Waals surface area contributed by atoms with Crippen LogP contribution >= 0.6 is 24.8 Å². The van der Waals surface area contributed by atoms with E-state index in [1.165, 1.54) is 0 Å². The van der Waals surface area contributed by atoms with Crippen LogP contribution in [0.1, 0.15) is 6.92 Å². The van der Waals surface area contributed by atoms with Crippen molar-refractivity contribution in [2.45, 2.75) is 6.92 Å². The summed E-state index contributed by atoms with van der Waals surface area (Å²) in [5.74, 6) is 0. The molecule has 0 amide bonds.